The van der Waals surface area contributed by atoms with Crippen LogP contribution < -0.4 is 9.47 Å². The first-order valence-electron chi connectivity index (χ1n) is 7.45. The molecule has 0 spiro atoms. The van der Waals surface area contributed by atoms with Gasteiger partial charge in [0.2, 0.25) is 0 Å². The van der Waals surface area contributed by atoms with Gasteiger partial charge in [0, 0.05) is 30.6 Å². The Morgan fingerprint density at radius 1 is 1.23 bits per heavy atom. The predicted octanol–water partition coefficient (Wildman–Crippen LogP) is 0.803. The summed E-state index contributed by atoms with van der Waals surface area (Å²) in [5, 5.41) is 6.91. The number of halogens is 1. The number of nitrogens with zero attached hydrogens (tertiary/aromatic N) is 1. The van der Waals surface area contributed by atoms with Crippen LogP contribution in [0.25, 0.3) is 0 Å². The highest BCUT2D eigenvalue weighted by Gasteiger charge is 2.58. The van der Waals surface area contributed by atoms with Crippen LogP contribution in [-0.4, -0.2) is 67.5 Å². The molecule has 1 heterocycles. The minimum Gasteiger partial charge on any atom is -0.486 e. The lowest BCUT2D eigenvalue weighted by molar-refractivity contribution is 0.0582. The molecule has 1 aliphatic rings. The number of benzene rings is 1. The first-order valence-corrected chi connectivity index (χ1v) is 11.0. The van der Waals surface area contributed by atoms with Crippen molar-refractivity contribution in [1.82, 2.24) is 4.90 Å². The van der Waals surface area contributed by atoms with E-state index in [4.69, 9.17) is 40.6 Å². The van der Waals surface area contributed by atoms with Crippen molar-refractivity contribution in [2.45, 2.75) is 17.6 Å². The molecule has 0 saturated carbocycles. The molecule has 0 bridgehead atoms. The molecule has 0 saturated heterocycles. The Bertz CT molecular complexity index is 727. The smallest absolute Gasteiger partial charge is 0.369 e. The molecule has 0 aliphatic carbocycles. The fourth-order valence-electron chi connectivity index (χ4n) is 2.42. The van der Waals surface area contributed by atoms with Crippen molar-refractivity contribution in [1.29, 1.82) is 0 Å². The summed E-state index contributed by atoms with van der Waals surface area (Å²) in [4.78, 5) is 38.1. The number of hydrogen-bond donors (Lipinski definition) is 5. The van der Waals surface area contributed by atoms with E-state index in [9.17, 15) is 14.2 Å². The van der Waals surface area contributed by atoms with Crippen LogP contribution in [0.3, 0.4) is 0 Å². The van der Waals surface area contributed by atoms with Crippen molar-refractivity contribution < 1.29 is 43.3 Å². The second-order valence-electron chi connectivity index (χ2n) is 6.02. The van der Waals surface area contributed by atoms with Gasteiger partial charge in [0.1, 0.15) is 12.7 Å². The molecule has 148 valence electrons. The van der Waals surface area contributed by atoms with E-state index in [1.165, 1.54) is 4.90 Å². The topological polar surface area (TPSA) is 157 Å². The van der Waals surface area contributed by atoms with Gasteiger partial charge in [-0.05, 0) is 19.2 Å². The van der Waals surface area contributed by atoms with Crippen LogP contribution in [0.15, 0.2) is 18.2 Å². The monoisotopic (exact) mass is 431 g/mol. The first kappa shape index (κ1) is 21.6. The Morgan fingerprint density at radius 3 is 2.42 bits per heavy atom. The predicted molar refractivity (Wildman–Crippen MR) is 92.5 cm³/mol. The summed E-state index contributed by atoms with van der Waals surface area (Å²) in [7, 11) is -9.37. The van der Waals surface area contributed by atoms with Crippen LogP contribution in [0, 0.1) is 0 Å². The molecule has 1 aliphatic heterocycles. The number of fused-ring (bicyclic) bond motifs is 1. The Hall–Kier alpha value is -0.670. The zero-order valence-electron chi connectivity index (χ0n) is 13.7. The van der Waals surface area contributed by atoms with Gasteiger partial charge in [-0.2, -0.15) is 0 Å². The molecule has 26 heavy (non-hydrogen) atoms. The van der Waals surface area contributed by atoms with E-state index in [0.29, 0.717) is 16.5 Å². The fraction of sp³-hybridized carbons (Fsp3) is 0.538. The quantitative estimate of drug-likeness (QED) is 0.391. The van der Waals surface area contributed by atoms with E-state index in [1.807, 2.05) is 0 Å². The minimum atomic E-state index is -5.46. The summed E-state index contributed by atoms with van der Waals surface area (Å²) < 4.78 is 34.0. The molecule has 5 N–H and O–H groups in total. The Kier molecular flexibility index (Phi) is 6.45. The molecule has 0 aromatic heterocycles. The SMILES string of the molecule is CN(CCC(O)(P(=O)(O)O)P(=O)(O)O)CC1COc2ccc(Cl)cc2O1. The third kappa shape index (κ3) is 4.78. The van der Waals surface area contributed by atoms with Gasteiger partial charge in [0.15, 0.2) is 11.5 Å². The number of ether oxygens (including phenoxy) is 2. The van der Waals surface area contributed by atoms with E-state index in [-0.39, 0.29) is 19.7 Å². The lowest BCUT2D eigenvalue weighted by atomic mass is 10.2. The summed E-state index contributed by atoms with van der Waals surface area (Å²) in [5.41, 5.74) is 0. The Balaban J connectivity index is 1.98. The van der Waals surface area contributed by atoms with Crippen LogP contribution in [0.2, 0.25) is 5.02 Å². The zero-order chi connectivity index (χ0) is 19.8. The van der Waals surface area contributed by atoms with Gasteiger partial charge >= 0.3 is 15.2 Å². The molecule has 0 amide bonds. The highest BCUT2D eigenvalue weighted by molar-refractivity contribution is 7.72. The average Bonchev–Trinajstić information content (AvgIpc) is 2.50. The number of likely N-dealkylation sites (N-methyl/N-ethyl adjacent to an activating group) is 1. The highest BCUT2D eigenvalue weighted by Crippen LogP contribution is 2.68. The number of rotatable bonds is 7. The minimum absolute atomic E-state index is 0.199. The van der Waals surface area contributed by atoms with Crippen molar-refractivity contribution in [3.05, 3.63) is 23.2 Å². The molecule has 1 unspecified atom stereocenters. The summed E-state index contributed by atoms with van der Waals surface area (Å²) in [6, 6.07) is 4.91. The maximum absolute atomic E-state index is 11.3. The molecule has 1 aromatic rings. The zero-order valence-corrected chi connectivity index (χ0v) is 16.3. The molecule has 13 heteroatoms. The summed E-state index contributed by atoms with van der Waals surface area (Å²) >= 11 is 5.89. The Morgan fingerprint density at radius 2 is 1.85 bits per heavy atom. The summed E-state index contributed by atoms with van der Waals surface area (Å²) in [6.45, 7) is 0.236. The lowest BCUT2D eigenvalue weighted by Crippen LogP contribution is -2.41. The van der Waals surface area contributed by atoms with E-state index in [2.05, 4.69) is 0 Å². The third-order valence-electron chi connectivity index (χ3n) is 3.90. The second-order valence-corrected chi connectivity index (χ2v) is 10.5. The van der Waals surface area contributed by atoms with Gasteiger partial charge in [-0.3, -0.25) is 9.13 Å². The fourth-order valence-corrected chi connectivity index (χ4v) is 4.72. The van der Waals surface area contributed by atoms with Gasteiger partial charge in [0.05, 0.1) is 0 Å². The molecule has 1 atom stereocenters. The molecular weight excluding hydrogens is 412 g/mol. The van der Waals surface area contributed by atoms with Crippen LogP contribution in [-0.2, 0) is 9.13 Å². The molecule has 0 fully saturated rings. The van der Waals surface area contributed by atoms with Crippen LogP contribution in [0.4, 0.5) is 0 Å². The maximum Gasteiger partial charge on any atom is 0.369 e. The van der Waals surface area contributed by atoms with Gasteiger partial charge in [0.25, 0.3) is 5.08 Å². The molecule has 2 rings (SSSR count). The first-order chi connectivity index (χ1) is 11.8. The van der Waals surface area contributed by atoms with Crippen molar-refractivity contribution in [3.8, 4) is 11.5 Å². The van der Waals surface area contributed by atoms with Crippen LogP contribution in [0.5, 0.6) is 11.5 Å². The number of hydrogen-bond acceptors (Lipinski definition) is 6. The highest BCUT2D eigenvalue weighted by atomic mass is 35.5. The standard InChI is InChI=1S/C13H20ClNO9P2/c1-15(5-4-13(16,25(17,18)19)26(20,21)22)7-10-8-23-11-3-2-9(14)6-12(11)24-10/h2-3,6,10,16H,4-5,7-8H2,1H3,(H2,17,18,19)(H2,20,21,22). The van der Waals surface area contributed by atoms with Crippen molar-refractivity contribution in [3.63, 3.8) is 0 Å². The van der Waals surface area contributed by atoms with E-state index in [0.717, 1.165) is 0 Å². The van der Waals surface area contributed by atoms with Crippen molar-refractivity contribution >= 4 is 26.8 Å². The van der Waals surface area contributed by atoms with Crippen molar-refractivity contribution in [2.24, 2.45) is 0 Å². The largest absolute Gasteiger partial charge is 0.486 e. The molecule has 0 radical (unpaired) electrons. The van der Waals surface area contributed by atoms with Gasteiger partial charge in [-0.1, -0.05) is 11.6 Å². The molecule has 10 nitrogen and oxygen atoms in total. The maximum atomic E-state index is 11.3. The Labute approximate surface area is 154 Å². The number of aliphatic hydroxyl groups is 1. The second kappa shape index (κ2) is 7.75. The van der Waals surface area contributed by atoms with E-state index < -0.39 is 32.8 Å². The van der Waals surface area contributed by atoms with Crippen LogP contribution in [0.1, 0.15) is 6.42 Å². The van der Waals surface area contributed by atoms with Gasteiger partial charge in [-0.25, -0.2) is 0 Å². The van der Waals surface area contributed by atoms with Crippen molar-refractivity contribution in [2.75, 3.05) is 26.7 Å². The normalized spacial score (nSPS) is 18.2. The summed E-state index contributed by atoms with van der Waals surface area (Å²) in [5.74, 6) is 0.981. The van der Waals surface area contributed by atoms with E-state index in [1.54, 1.807) is 25.2 Å². The van der Waals surface area contributed by atoms with E-state index >= 15 is 0 Å². The lowest BCUT2D eigenvalue weighted by Gasteiger charge is -2.33. The average molecular weight is 432 g/mol. The third-order valence-corrected chi connectivity index (χ3v) is 8.01. The van der Waals surface area contributed by atoms with Gasteiger partial charge < -0.3 is 39.1 Å². The van der Waals surface area contributed by atoms with Crippen LogP contribution >= 0.6 is 26.8 Å². The summed E-state index contributed by atoms with van der Waals surface area (Å²) in [6.07, 6.45) is -1.27. The molecular formula is C13H20ClNO9P2. The van der Waals surface area contributed by atoms with Gasteiger partial charge in [-0.15, -0.1) is 0 Å². The molecule has 1 aromatic carbocycles.